The van der Waals surface area contributed by atoms with E-state index in [1.54, 1.807) is 0 Å². The lowest BCUT2D eigenvalue weighted by atomic mass is 10.0. The summed E-state index contributed by atoms with van der Waals surface area (Å²) in [7, 11) is 0. The Bertz CT molecular complexity index is 631. The van der Waals surface area contributed by atoms with Crippen molar-refractivity contribution in [2.75, 3.05) is 13.2 Å². The summed E-state index contributed by atoms with van der Waals surface area (Å²) in [6.07, 6.45) is 17.8. The van der Waals surface area contributed by atoms with E-state index in [-0.39, 0.29) is 6.42 Å². The largest absolute Gasteiger partial charge is 0.490 e. The topological polar surface area (TPSA) is 93.1 Å². The summed E-state index contributed by atoms with van der Waals surface area (Å²) in [5.41, 5.74) is 0. The van der Waals surface area contributed by atoms with Gasteiger partial charge in [-0.3, -0.25) is 9.59 Å². The second-order valence-corrected chi connectivity index (χ2v) is 8.73. The fourth-order valence-corrected chi connectivity index (χ4v) is 3.78. The van der Waals surface area contributed by atoms with Gasteiger partial charge in [-0.15, -0.1) is 0 Å². The van der Waals surface area contributed by atoms with Crippen molar-refractivity contribution in [3.05, 3.63) is 24.3 Å². The molecule has 0 aliphatic rings. The highest BCUT2D eigenvalue weighted by Gasteiger charge is 2.05. The van der Waals surface area contributed by atoms with Gasteiger partial charge in [-0.25, -0.2) is 0 Å². The zero-order chi connectivity index (χ0) is 24.0. The van der Waals surface area contributed by atoms with Crippen LogP contribution in [0, 0.1) is 0 Å². The summed E-state index contributed by atoms with van der Waals surface area (Å²) >= 11 is 0. The molecule has 0 saturated carbocycles. The fourth-order valence-electron chi connectivity index (χ4n) is 3.78. The number of unbranched alkanes of at least 4 members (excludes halogenated alkanes) is 13. The van der Waals surface area contributed by atoms with Crippen LogP contribution >= 0.6 is 0 Å². The number of rotatable bonds is 23. The molecule has 0 atom stereocenters. The van der Waals surface area contributed by atoms with Crippen LogP contribution in [0.15, 0.2) is 24.3 Å². The summed E-state index contributed by atoms with van der Waals surface area (Å²) in [6.45, 7) is 1.05. The lowest BCUT2D eigenvalue weighted by Gasteiger charge is -2.12. The Morgan fingerprint density at radius 3 is 1.27 bits per heavy atom. The number of para-hydroxylation sites is 2. The number of ether oxygens (including phenoxy) is 2. The second-order valence-electron chi connectivity index (χ2n) is 8.73. The molecule has 1 aromatic carbocycles. The Kier molecular flexibility index (Phi) is 17.8. The quantitative estimate of drug-likeness (QED) is 0.166. The third-order valence-corrected chi connectivity index (χ3v) is 5.68. The van der Waals surface area contributed by atoms with E-state index < -0.39 is 11.9 Å². The van der Waals surface area contributed by atoms with Gasteiger partial charge in [0.1, 0.15) is 0 Å². The number of carboxylic acids is 2. The van der Waals surface area contributed by atoms with Gasteiger partial charge in [-0.05, 0) is 31.4 Å². The Hall–Kier alpha value is -2.24. The van der Waals surface area contributed by atoms with Crippen molar-refractivity contribution in [2.45, 2.75) is 109 Å². The van der Waals surface area contributed by atoms with E-state index in [0.717, 1.165) is 25.0 Å². The smallest absolute Gasteiger partial charge is 0.303 e. The zero-order valence-corrected chi connectivity index (χ0v) is 20.3. The Labute approximate surface area is 199 Å². The van der Waals surface area contributed by atoms with Crippen molar-refractivity contribution < 1.29 is 29.3 Å². The molecule has 0 bridgehead atoms. The summed E-state index contributed by atoms with van der Waals surface area (Å²) < 4.78 is 11.5. The molecule has 0 heterocycles. The van der Waals surface area contributed by atoms with E-state index in [4.69, 9.17) is 19.7 Å². The Balaban J connectivity index is 1.90. The third kappa shape index (κ3) is 17.9. The normalized spacial score (nSPS) is 10.8. The highest BCUT2D eigenvalue weighted by molar-refractivity contribution is 5.66. The molecule has 0 saturated heterocycles. The maximum absolute atomic E-state index is 10.6. The van der Waals surface area contributed by atoms with Crippen molar-refractivity contribution in [3.8, 4) is 11.5 Å². The predicted octanol–water partition coefficient (Wildman–Crippen LogP) is 7.25. The Morgan fingerprint density at radius 2 is 0.848 bits per heavy atom. The number of carbonyl (C=O) groups is 2. The van der Waals surface area contributed by atoms with Gasteiger partial charge in [-0.1, -0.05) is 89.2 Å². The number of hydrogen-bond donors (Lipinski definition) is 2. The second kappa shape index (κ2) is 20.4. The summed E-state index contributed by atoms with van der Waals surface area (Å²) in [5.74, 6) is -0.0712. The number of carboxylic acid groups (broad SMARTS) is 2. The summed E-state index contributed by atoms with van der Waals surface area (Å²) in [6, 6.07) is 7.57. The van der Waals surface area contributed by atoms with Gasteiger partial charge in [0, 0.05) is 12.8 Å². The average Bonchev–Trinajstić information content (AvgIpc) is 2.79. The van der Waals surface area contributed by atoms with E-state index in [1.807, 2.05) is 24.3 Å². The van der Waals surface area contributed by atoms with Crippen LogP contribution in [0.2, 0.25) is 0 Å². The van der Waals surface area contributed by atoms with Gasteiger partial charge < -0.3 is 19.7 Å². The summed E-state index contributed by atoms with van der Waals surface area (Å²) in [4.78, 5) is 21.0. The first-order chi connectivity index (χ1) is 16.1. The number of hydrogen-bond acceptors (Lipinski definition) is 4. The molecule has 0 aliphatic carbocycles. The SMILES string of the molecule is O=C(O)CCCCCCCCCCCCCCCCOc1ccccc1OCCCC(=O)O. The van der Waals surface area contributed by atoms with E-state index in [2.05, 4.69) is 0 Å². The van der Waals surface area contributed by atoms with E-state index >= 15 is 0 Å². The molecule has 188 valence electrons. The van der Waals surface area contributed by atoms with Crippen LogP contribution in [0.4, 0.5) is 0 Å². The van der Waals surface area contributed by atoms with Gasteiger partial charge in [0.25, 0.3) is 0 Å². The van der Waals surface area contributed by atoms with Crippen LogP contribution in [0.25, 0.3) is 0 Å². The highest BCUT2D eigenvalue weighted by Crippen LogP contribution is 2.27. The first-order valence-corrected chi connectivity index (χ1v) is 12.9. The molecule has 0 radical (unpaired) electrons. The van der Waals surface area contributed by atoms with Gasteiger partial charge in [0.05, 0.1) is 13.2 Å². The number of benzene rings is 1. The van der Waals surface area contributed by atoms with Crippen molar-refractivity contribution in [1.29, 1.82) is 0 Å². The van der Waals surface area contributed by atoms with Crippen LogP contribution in [0.3, 0.4) is 0 Å². The molecule has 0 spiro atoms. The first-order valence-electron chi connectivity index (χ1n) is 12.9. The monoisotopic (exact) mass is 464 g/mol. The molecule has 0 fully saturated rings. The van der Waals surface area contributed by atoms with E-state index in [9.17, 15) is 9.59 Å². The van der Waals surface area contributed by atoms with Crippen LogP contribution in [-0.2, 0) is 9.59 Å². The molecule has 0 aromatic heterocycles. The van der Waals surface area contributed by atoms with Crippen LogP contribution in [0.1, 0.15) is 109 Å². The highest BCUT2D eigenvalue weighted by atomic mass is 16.5. The van der Waals surface area contributed by atoms with Crippen molar-refractivity contribution >= 4 is 11.9 Å². The minimum atomic E-state index is -0.804. The fraction of sp³-hybridized carbons (Fsp3) is 0.704. The molecule has 2 N–H and O–H groups in total. The maximum Gasteiger partial charge on any atom is 0.303 e. The average molecular weight is 465 g/mol. The standard InChI is InChI=1S/C27H44O6/c28-26(29)20-13-11-9-7-5-3-1-2-4-6-8-10-12-16-22-32-24-18-14-15-19-25(24)33-23-17-21-27(30)31/h14-15,18-19H,1-13,16-17,20-23H2,(H,28,29)(H,30,31). The van der Waals surface area contributed by atoms with Crippen LogP contribution < -0.4 is 9.47 Å². The van der Waals surface area contributed by atoms with E-state index in [0.29, 0.717) is 31.8 Å². The molecular weight excluding hydrogens is 420 g/mol. The van der Waals surface area contributed by atoms with Crippen molar-refractivity contribution in [3.63, 3.8) is 0 Å². The first kappa shape index (κ1) is 28.8. The maximum atomic E-state index is 10.6. The predicted molar refractivity (Wildman–Crippen MR) is 131 cm³/mol. The molecule has 0 amide bonds. The number of aliphatic carboxylic acids is 2. The van der Waals surface area contributed by atoms with Crippen molar-refractivity contribution in [1.82, 2.24) is 0 Å². The van der Waals surface area contributed by atoms with E-state index in [1.165, 1.54) is 70.6 Å². The van der Waals surface area contributed by atoms with Gasteiger partial charge in [0.15, 0.2) is 11.5 Å². The zero-order valence-electron chi connectivity index (χ0n) is 20.3. The minimum absolute atomic E-state index is 0.112. The van der Waals surface area contributed by atoms with Crippen LogP contribution in [0.5, 0.6) is 11.5 Å². The van der Waals surface area contributed by atoms with Gasteiger partial charge in [-0.2, -0.15) is 0 Å². The Morgan fingerprint density at radius 1 is 0.515 bits per heavy atom. The van der Waals surface area contributed by atoms with Gasteiger partial charge in [0.2, 0.25) is 0 Å². The summed E-state index contributed by atoms with van der Waals surface area (Å²) in [5, 5.41) is 17.3. The molecule has 0 unspecified atom stereocenters. The molecule has 6 heteroatoms. The molecule has 33 heavy (non-hydrogen) atoms. The minimum Gasteiger partial charge on any atom is -0.490 e. The third-order valence-electron chi connectivity index (χ3n) is 5.68. The lowest BCUT2D eigenvalue weighted by molar-refractivity contribution is -0.138. The molecule has 6 nitrogen and oxygen atoms in total. The van der Waals surface area contributed by atoms with Crippen LogP contribution in [-0.4, -0.2) is 35.4 Å². The molecule has 1 rings (SSSR count). The van der Waals surface area contributed by atoms with Crippen molar-refractivity contribution in [2.24, 2.45) is 0 Å². The molecule has 0 aliphatic heterocycles. The lowest BCUT2D eigenvalue weighted by Crippen LogP contribution is -2.04. The molecular formula is C27H44O6. The molecule has 1 aromatic rings. The van der Waals surface area contributed by atoms with Gasteiger partial charge >= 0.3 is 11.9 Å².